The SMILES string of the molecule is CC(CNCCC1CCCCC1)C(C)(C)C. The van der Waals surface area contributed by atoms with Gasteiger partial charge in [0, 0.05) is 0 Å². The van der Waals surface area contributed by atoms with Crippen LogP contribution in [0.1, 0.15) is 66.2 Å². The molecule has 1 unspecified atom stereocenters. The van der Waals surface area contributed by atoms with Gasteiger partial charge in [-0.2, -0.15) is 0 Å². The minimum atomic E-state index is 0.442. The number of rotatable bonds is 5. The van der Waals surface area contributed by atoms with E-state index in [4.69, 9.17) is 0 Å². The van der Waals surface area contributed by atoms with Gasteiger partial charge in [-0.25, -0.2) is 0 Å². The highest BCUT2D eigenvalue weighted by Crippen LogP contribution is 2.26. The topological polar surface area (TPSA) is 12.0 Å². The molecule has 1 aliphatic carbocycles. The highest BCUT2D eigenvalue weighted by atomic mass is 14.9. The molecule has 16 heavy (non-hydrogen) atoms. The standard InChI is InChI=1S/C15H31N/c1-13(15(2,3)4)12-16-11-10-14-8-6-5-7-9-14/h13-14,16H,5-12H2,1-4H3. The van der Waals surface area contributed by atoms with Crippen LogP contribution in [0, 0.1) is 17.3 Å². The molecule has 0 heterocycles. The lowest BCUT2D eigenvalue weighted by Gasteiger charge is -2.28. The van der Waals surface area contributed by atoms with Crippen molar-refractivity contribution in [3.63, 3.8) is 0 Å². The van der Waals surface area contributed by atoms with Crippen molar-refractivity contribution in [3.8, 4) is 0 Å². The zero-order valence-corrected chi connectivity index (χ0v) is 11.8. The summed E-state index contributed by atoms with van der Waals surface area (Å²) >= 11 is 0. The number of hydrogen-bond donors (Lipinski definition) is 1. The van der Waals surface area contributed by atoms with E-state index in [0.717, 1.165) is 11.8 Å². The van der Waals surface area contributed by atoms with Crippen molar-refractivity contribution in [1.29, 1.82) is 0 Å². The van der Waals surface area contributed by atoms with E-state index in [1.165, 1.54) is 51.6 Å². The maximum atomic E-state index is 3.64. The zero-order valence-electron chi connectivity index (χ0n) is 11.8. The first-order valence-electron chi connectivity index (χ1n) is 7.21. The molecule has 0 saturated heterocycles. The molecule has 0 bridgehead atoms. The average Bonchev–Trinajstić information content (AvgIpc) is 2.24. The van der Waals surface area contributed by atoms with Gasteiger partial charge < -0.3 is 5.32 Å². The molecule has 1 rings (SSSR count). The average molecular weight is 225 g/mol. The molecule has 1 atom stereocenters. The Hall–Kier alpha value is -0.0400. The summed E-state index contributed by atoms with van der Waals surface area (Å²) in [5.41, 5.74) is 0.442. The van der Waals surface area contributed by atoms with Gasteiger partial charge in [0.05, 0.1) is 0 Å². The monoisotopic (exact) mass is 225 g/mol. The summed E-state index contributed by atoms with van der Waals surface area (Å²) in [6.45, 7) is 11.8. The summed E-state index contributed by atoms with van der Waals surface area (Å²) in [7, 11) is 0. The highest BCUT2D eigenvalue weighted by Gasteiger charge is 2.19. The molecule has 0 spiro atoms. The van der Waals surface area contributed by atoms with Gasteiger partial charge in [-0.3, -0.25) is 0 Å². The van der Waals surface area contributed by atoms with Crippen molar-refractivity contribution in [2.24, 2.45) is 17.3 Å². The van der Waals surface area contributed by atoms with Gasteiger partial charge in [0.15, 0.2) is 0 Å². The Labute approximate surface area is 102 Å². The first-order chi connectivity index (χ1) is 7.50. The van der Waals surface area contributed by atoms with E-state index in [2.05, 4.69) is 33.0 Å². The fourth-order valence-corrected chi connectivity index (χ4v) is 2.41. The van der Waals surface area contributed by atoms with Crippen molar-refractivity contribution in [3.05, 3.63) is 0 Å². The molecule has 0 aromatic heterocycles. The van der Waals surface area contributed by atoms with Crippen LogP contribution in [0.4, 0.5) is 0 Å². The smallest absolute Gasteiger partial charge is 0.00182 e. The van der Waals surface area contributed by atoms with Gasteiger partial charge in [-0.15, -0.1) is 0 Å². The Morgan fingerprint density at radius 3 is 2.31 bits per heavy atom. The lowest BCUT2D eigenvalue weighted by Crippen LogP contribution is -2.31. The van der Waals surface area contributed by atoms with Crippen LogP contribution in [0.2, 0.25) is 0 Å². The van der Waals surface area contributed by atoms with Crippen molar-refractivity contribution in [1.82, 2.24) is 5.32 Å². The van der Waals surface area contributed by atoms with Crippen LogP contribution in [-0.4, -0.2) is 13.1 Å². The summed E-state index contributed by atoms with van der Waals surface area (Å²) in [5, 5.41) is 3.64. The minimum absolute atomic E-state index is 0.442. The Kier molecular flexibility index (Phi) is 5.82. The third-order valence-corrected chi connectivity index (χ3v) is 4.38. The molecule has 1 nitrogen and oxygen atoms in total. The van der Waals surface area contributed by atoms with Crippen LogP contribution in [0.3, 0.4) is 0 Å². The predicted octanol–water partition coefficient (Wildman–Crippen LogP) is 4.23. The molecule has 0 aromatic carbocycles. The zero-order chi connectivity index (χ0) is 12.0. The third kappa shape index (κ3) is 5.34. The fourth-order valence-electron chi connectivity index (χ4n) is 2.41. The normalized spacial score (nSPS) is 21.0. The van der Waals surface area contributed by atoms with Crippen molar-refractivity contribution < 1.29 is 0 Å². The molecule has 1 N–H and O–H groups in total. The Morgan fingerprint density at radius 2 is 1.75 bits per heavy atom. The van der Waals surface area contributed by atoms with Crippen molar-refractivity contribution in [2.45, 2.75) is 66.2 Å². The Bertz CT molecular complexity index is 174. The second-order valence-corrected chi connectivity index (χ2v) is 6.76. The second-order valence-electron chi connectivity index (χ2n) is 6.76. The van der Waals surface area contributed by atoms with Gasteiger partial charge >= 0.3 is 0 Å². The first-order valence-corrected chi connectivity index (χ1v) is 7.21. The molecular formula is C15H31N. The van der Waals surface area contributed by atoms with Crippen LogP contribution in [0.15, 0.2) is 0 Å². The Balaban J connectivity index is 2.02. The van der Waals surface area contributed by atoms with Crippen LogP contribution in [0.25, 0.3) is 0 Å². The lowest BCUT2D eigenvalue weighted by molar-refractivity contribution is 0.248. The number of hydrogen-bond acceptors (Lipinski definition) is 1. The quantitative estimate of drug-likeness (QED) is 0.691. The van der Waals surface area contributed by atoms with Crippen LogP contribution in [0.5, 0.6) is 0 Å². The fraction of sp³-hybridized carbons (Fsp3) is 1.00. The van der Waals surface area contributed by atoms with Gasteiger partial charge in [-0.05, 0) is 36.8 Å². The van der Waals surface area contributed by atoms with E-state index in [0.29, 0.717) is 5.41 Å². The van der Waals surface area contributed by atoms with E-state index in [1.54, 1.807) is 0 Å². The molecule has 1 fully saturated rings. The van der Waals surface area contributed by atoms with E-state index in [9.17, 15) is 0 Å². The van der Waals surface area contributed by atoms with E-state index in [-0.39, 0.29) is 0 Å². The summed E-state index contributed by atoms with van der Waals surface area (Å²) in [6, 6.07) is 0. The van der Waals surface area contributed by atoms with Crippen LogP contribution in [-0.2, 0) is 0 Å². The number of nitrogens with one attached hydrogen (secondary N) is 1. The van der Waals surface area contributed by atoms with Crippen molar-refractivity contribution >= 4 is 0 Å². The Morgan fingerprint density at radius 1 is 1.12 bits per heavy atom. The summed E-state index contributed by atoms with van der Waals surface area (Å²) in [4.78, 5) is 0. The van der Waals surface area contributed by atoms with Gasteiger partial charge in [0.1, 0.15) is 0 Å². The summed E-state index contributed by atoms with van der Waals surface area (Å²) < 4.78 is 0. The molecule has 96 valence electrons. The van der Waals surface area contributed by atoms with E-state index in [1.807, 2.05) is 0 Å². The predicted molar refractivity (Wildman–Crippen MR) is 72.7 cm³/mol. The molecule has 0 amide bonds. The van der Waals surface area contributed by atoms with Gasteiger partial charge in [0.25, 0.3) is 0 Å². The molecule has 1 saturated carbocycles. The molecule has 0 radical (unpaired) electrons. The maximum absolute atomic E-state index is 3.64. The van der Waals surface area contributed by atoms with Crippen molar-refractivity contribution in [2.75, 3.05) is 13.1 Å². The summed E-state index contributed by atoms with van der Waals surface area (Å²) in [6.07, 6.45) is 8.79. The minimum Gasteiger partial charge on any atom is -0.316 e. The molecule has 0 aromatic rings. The lowest BCUT2D eigenvalue weighted by atomic mass is 9.82. The van der Waals surface area contributed by atoms with E-state index >= 15 is 0 Å². The van der Waals surface area contributed by atoms with E-state index < -0.39 is 0 Å². The largest absolute Gasteiger partial charge is 0.316 e. The second kappa shape index (κ2) is 6.64. The summed E-state index contributed by atoms with van der Waals surface area (Å²) in [5.74, 6) is 1.78. The molecular weight excluding hydrogens is 194 g/mol. The first kappa shape index (κ1) is 14.0. The van der Waals surface area contributed by atoms with Crippen LogP contribution < -0.4 is 5.32 Å². The third-order valence-electron chi connectivity index (χ3n) is 4.38. The van der Waals surface area contributed by atoms with Gasteiger partial charge in [0.2, 0.25) is 0 Å². The van der Waals surface area contributed by atoms with Gasteiger partial charge in [-0.1, -0.05) is 59.8 Å². The molecule has 0 aliphatic heterocycles. The molecule has 1 heteroatoms. The maximum Gasteiger partial charge on any atom is -0.00182 e. The molecule has 1 aliphatic rings. The van der Waals surface area contributed by atoms with Crippen LogP contribution >= 0.6 is 0 Å². The highest BCUT2D eigenvalue weighted by molar-refractivity contribution is 4.72.